The number of alkyl halides is 3. The SMILES string of the molecule is COC(=O)c1cc(S(=O)(=O)N2C(=O)N(c3cccc(C(F)(F)F)c3)C3=C(C(=O)CCC3)C2c2ccc(C#N)cc2)cs1. The standard InChI is InChI=1S/C28H20F3N3O6S2/c1-40-26(36)23-13-20(15-41-23)42(38,39)34-25(17-10-8-16(14-32)9-11-17)24-21(6-3-7-22(24)35)33(27(34)37)19-5-2-4-18(12-19)28(29,30)31/h2,4-5,8-13,15,25H,3,6-7H2,1H3. The van der Waals surface area contributed by atoms with E-state index in [1.54, 1.807) is 0 Å². The maximum atomic E-state index is 14.3. The lowest BCUT2D eigenvalue weighted by Crippen LogP contribution is -2.54. The van der Waals surface area contributed by atoms with Crippen molar-refractivity contribution in [3.8, 4) is 6.07 Å². The van der Waals surface area contributed by atoms with Gasteiger partial charge in [0.1, 0.15) is 10.9 Å². The van der Waals surface area contributed by atoms with Crippen LogP contribution in [0.2, 0.25) is 0 Å². The van der Waals surface area contributed by atoms with Gasteiger partial charge in [-0.05, 0) is 54.8 Å². The molecule has 0 saturated heterocycles. The Morgan fingerprint density at radius 3 is 2.45 bits per heavy atom. The predicted molar refractivity (Wildman–Crippen MR) is 144 cm³/mol. The predicted octanol–water partition coefficient (Wildman–Crippen LogP) is 5.80. The fraction of sp³-hybridized carbons (Fsp3) is 0.214. The molecule has 14 heteroatoms. The first-order valence-corrected chi connectivity index (χ1v) is 14.7. The first-order valence-electron chi connectivity index (χ1n) is 12.4. The number of amides is 2. The van der Waals surface area contributed by atoms with E-state index in [0.717, 1.165) is 46.9 Å². The number of carbonyl (C=O) groups is 3. The third kappa shape index (κ3) is 4.94. The molecule has 1 aromatic heterocycles. The number of halogens is 3. The number of methoxy groups -OCH3 is 1. The molecular weight excluding hydrogens is 595 g/mol. The molecule has 2 heterocycles. The summed E-state index contributed by atoms with van der Waals surface area (Å²) in [6, 6.07) is 9.75. The van der Waals surface area contributed by atoms with E-state index in [4.69, 9.17) is 0 Å². The Morgan fingerprint density at radius 2 is 1.81 bits per heavy atom. The van der Waals surface area contributed by atoms with Crippen molar-refractivity contribution in [3.63, 3.8) is 0 Å². The number of sulfonamides is 1. The molecule has 0 spiro atoms. The molecule has 0 bridgehead atoms. The molecule has 9 nitrogen and oxygen atoms in total. The summed E-state index contributed by atoms with van der Waals surface area (Å²) in [7, 11) is -3.72. The number of thiophene rings is 1. The lowest BCUT2D eigenvalue weighted by molar-refractivity contribution is -0.137. The van der Waals surface area contributed by atoms with Crippen LogP contribution in [0.25, 0.3) is 0 Å². The Morgan fingerprint density at radius 1 is 1.10 bits per heavy atom. The van der Waals surface area contributed by atoms with E-state index in [0.29, 0.717) is 16.8 Å². The first-order chi connectivity index (χ1) is 19.9. The highest BCUT2D eigenvalue weighted by Gasteiger charge is 2.50. The van der Waals surface area contributed by atoms with Gasteiger partial charge >= 0.3 is 18.2 Å². The second kappa shape index (κ2) is 10.7. The van der Waals surface area contributed by atoms with Crippen molar-refractivity contribution in [3.05, 3.63) is 92.8 Å². The van der Waals surface area contributed by atoms with Crippen molar-refractivity contribution in [2.24, 2.45) is 0 Å². The molecule has 5 rings (SSSR count). The normalized spacial score (nSPS) is 17.6. The fourth-order valence-electron chi connectivity index (χ4n) is 4.98. The Kier molecular flexibility index (Phi) is 7.42. The number of anilines is 1. The van der Waals surface area contributed by atoms with E-state index in [9.17, 15) is 41.2 Å². The minimum atomic E-state index is -4.83. The van der Waals surface area contributed by atoms with Crippen molar-refractivity contribution in [2.45, 2.75) is 36.4 Å². The number of nitriles is 1. The Hall–Kier alpha value is -4.48. The van der Waals surface area contributed by atoms with Crippen LogP contribution in [0.15, 0.2) is 76.1 Å². The Bertz CT molecular complexity index is 1790. The molecule has 2 aliphatic rings. The van der Waals surface area contributed by atoms with Crippen molar-refractivity contribution >= 4 is 44.8 Å². The third-order valence-corrected chi connectivity index (χ3v) is 9.67. The molecule has 3 aromatic rings. The summed E-state index contributed by atoms with van der Waals surface area (Å²) in [5, 5.41) is 10.4. The van der Waals surface area contributed by atoms with Crippen LogP contribution in [0.3, 0.4) is 0 Å². The quantitative estimate of drug-likeness (QED) is 0.332. The highest BCUT2D eigenvalue weighted by molar-refractivity contribution is 7.89. The summed E-state index contributed by atoms with van der Waals surface area (Å²) < 4.78 is 74.3. The van der Waals surface area contributed by atoms with Crippen LogP contribution >= 0.6 is 11.3 Å². The summed E-state index contributed by atoms with van der Waals surface area (Å²) >= 11 is 0.756. The van der Waals surface area contributed by atoms with Gasteiger partial charge in [0, 0.05) is 23.1 Å². The van der Waals surface area contributed by atoms with E-state index in [1.807, 2.05) is 6.07 Å². The molecule has 1 aliphatic heterocycles. The number of ether oxygens (including phenoxy) is 1. The molecule has 0 radical (unpaired) electrons. The number of Topliss-reactive ketones (excluding diaryl/α,β-unsaturated/α-hetero) is 1. The van der Waals surface area contributed by atoms with Crippen molar-refractivity contribution < 1.29 is 40.7 Å². The number of hydrogen-bond acceptors (Lipinski definition) is 8. The average Bonchev–Trinajstić information content (AvgIpc) is 3.47. The van der Waals surface area contributed by atoms with Gasteiger partial charge in [0.2, 0.25) is 0 Å². The van der Waals surface area contributed by atoms with Crippen LogP contribution in [-0.4, -0.2) is 37.6 Å². The largest absolute Gasteiger partial charge is 0.465 e. The lowest BCUT2D eigenvalue weighted by atomic mass is 9.84. The number of nitrogens with zero attached hydrogens (tertiary/aromatic N) is 3. The Labute approximate surface area is 242 Å². The van der Waals surface area contributed by atoms with Crippen LogP contribution in [0.4, 0.5) is 23.7 Å². The fourth-order valence-corrected chi connectivity index (χ4v) is 7.65. The number of carbonyl (C=O) groups excluding carboxylic acids is 3. The van der Waals surface area contributed by atoms with E-state index in [2.05, 4.69) is 4.74 Å². The van der Waals surface area contributed by atoms with Gasteiger partial charge in [-0.2, -0.15) is 18.4 Å². The summed E-state index contributed by atoms with van der Waals surface area (Å²) in [5.41, 5.74) is -0.865. The zero-order valence-electron chi connectivity index (χ0n) is 21.7. The molecule has 1 atom stereocenters. The number of urea groups is 1. The van der Waals surface area contributed by atoms with Crippen LogP contribution in [0, 0.1) is 11.3 Å². The first kappa shape index (κ1) is 29.0. The van der Waals surface area contributed by atoms with Crippen molar-refractivity contribution in [1.82, 2.24) is 4.31 Å². The molecule has 0 fully saturated rings. The van der Waals surface area contributed by atoms with Gasteiger partial charge in [0.05, 0.1) is 34.9 Å². The molecule has 1 unspecified atom stereocenters. The monoisotopic (exact) mass is 615 g/mol. The number of benzene rings is 2. The van der Waals surface area contributed by atoms with E-state index < -0.39 is 50.5 Å². The van der Waals surface area contributed by atoms with E-state index in [-0.39, 0.29) is 45.8 Å². The lowest BCUT2D eigenvalue weighted by Gasteiger charge is -2.44. The zero-order valence-corrected chi connectivity index (χ0v) is 23.3. The van der Waals surface area contributed by atoms with Crippen LogP contribution in [0.5, 0.6) is 0 Å². The maximum absolute atomic E-state index is 14.3. The van der Waals surface area contributed by atoms with Crippen molar-refractivity contribution in [2.75, 3.05) is 12.0 Å². The van der Waals surface area contributed by atoms with Gasteiger partial charge in [0.15, 0.2) is 5.78 Å². The van der Waals surface area contributed by atoms with Crippen LogP contribution in [0.1, 0.15) is 51.7 Å². The molecule has 42 heavy (non-hydrogen) atoms. The number of allylic oxidation sites excluding steroid dienone is 1. The van der Waals surface area contributed by atoms with Gasteiger partial charge in [-0.1, -0.05) is 18.2 Å². The third-order valence-electron chi connectivity index (χ3n) is 6.89. The van der Waals surface area contributed by atoms with Gasteiger partial charge in [-0.15, -0.1) is 11.3 Å². The van der Waals surface area contributed by atoms with Crippen LogP contribution < -0.4 is 4.90 Å². The molecule has 2 aromatic carbocycles. The molecule has 0 N–H and O–H groups in total. The molecule has 216 valence electrons. The van der Waals surface area contributed by atoms with Crippen molar-refractivity contribution in [1.29, 1.82) is 5.26 Å². The minimum Gasteiger partial charge on any atom is -0.465 e. The Balaban J connectivity index is 1.78. The number of hydrogen-bond donors (Lipinski definition) is 0. The number of esters is 1. The highest BCUT2D eigenvalue weighted by Crippen LogP contribution is 2.47. The topological polar surface area (TPSA) is 125 Å². The molecule has 2 amide bonds. The molecule has 0 saturated carbocycles. The average molecular weight is 616 g/mol. The maximum Gasteiger partial charge on any atom is 0.416 e. The summed E-state index contributed by atoms with van der Waals surface area (Å²) in [6.07, 6.45) is -4.32. The second-order valence-corrected chi connectivity index (χ2v) is 12.1. The summed E-state index contributed by atoms with van der Waals surface area (Å²) in [5.74, 6) is -1.29. The highest BCUT2D eigenvalue weighted by atomic mass is 32.2. The van der Waals surface area contributed by atoms with Gasteiger partial charge < -0.3 is 4.74 Å². The van der Waals surface area contributed by atoms with E-state index in [1.165, 1.54) is 30.3 Å². The van der Waals surface area contributed by atoms with E-state index >= 15 is 0 Å². The smallest absolute Gasteiger partial charge is 0.416 e. The zero-order chi connectivity index (χ0) is 30.4. The minimum absolute atomic E-state index is 0.0229. The molecular formula is C28H20F3N3O6S2. The van der Waals surface area contributed by atoms with Crippen LogP contribution in [-0.2, 0) is 25.7 Å². The number of rotatable bonds is 5. The molecule has 1 aliphatic carbocycles. The number of ketones is 1. The van der Waals surface area contributed by atoms with Gasteiger partial charge in [0.25, 0.3) is 10.0 Å². The summed E-state index contributed by atoms with van der Waals surface area (Å²) in [6.45, 7) is 0. The summed E-state index contributed by atoms with van der Waals surface area (Å²) in [4.78, 5) is 40.1. The van der Waals surface area contributed by atoms with Gasteiger partial charge in [-0.3, -0.25) is 9.69 Å². The van der Waals surface area contributed by atoms with Gasteiger partial charge in [-0.25, -0.2) is 22.3 Å². The second-order valence-electron chi connectivity index (χ2n) is 9.38.